The molecule has 1 atom stereocenters. The highest BCUT2D eigenvalue weighted by molar-refractivity contribution is 5.88. The highest BCUT2D eigenvalue weighted by atomic mass is 16.5. The number of benzene rings is 1. The average Bonchev–Trinajstić information content (AvgIpc) is 2.89. The van der Waals surface area contributed by atoms with Crippen LogP contribution in [0.15, 0.2) is 34.4 Å². The zero-order valence-corrected chi connectivity index (χ0v) is 15.3. The number of nitrogens with zero attached hydrogens (tertiary/aromatic N) is 2. The summed E-state index contributed by atoms with van der Waals surface area (Å²) in [6.45, 7) is 9.44. The number of hydrogen-bond acceptors (Lipinski definition) is 3. The number of amides is 2. The van der Waals surface area contributed by atoms with Crippen LogP contribution in [-0.4, -0.2) is 29.2 Å². The van der Waals surface area contributed by atoms with Gasteiger partial charge in [-0.05, 0) is 38.7 Å². The van der Waals surface area contributed by atoms with Gasteiger partial charge in [0.05, 0.1) is 5.69 Å². The van der Waals surface area contributed by atoms with Crippen LogP contribution in [0, 0.1) is 26.7 Å². The van der Waals surface area contributed by atoms with E-state index in [0.29, 0.717) is 24.9 Å². The molecule has 2 heterocycles. The highest BCUT2D eigenvalue weighted by Gasteiger charge is 2.25. The molecule has 0 radical (unpaired) electrons. The molecule has 25 heavy (non-hydrogen) atoms. The third-order valence-corrected chi connectivity index (χ3v) is 4.86. The van der Waals surface area contributed by atoms with E-state index in [9.17, 15) is 4.79 Å². The molecule has 1 N–H and O–H groups in total. The SMILES string of the molecule is Cc1cccc(C=C2CCN(C(=O)Nc3onc(C)c3C)CC2C)c1. The summed E-state index contributed by atoms with van der Waals surface area (Å²) in [4.78, 5) is 14.3. The van der Waals surface area contributed by atoms with E-state index in [1.54, 1.807) is 0 Å². The Hall–Kier alpha value is -2.56. The monoisotopic (exact) mass is 339 g/mol. The number of carbonyl (C=O) groups is 1. The van der Waals surface area contributed by atoms with Crippen LogP contribution in [0.3, 0.4) is 0 Å². The molecule has 2 amide bonds. The number of hydrogen-bond donors (Lipinski definition) is 1. The van der Waals surface area contributed by atoms with Crippen molar-refractivity contribution in [3.8, 4) is 0 Å². The fourth-order valence-electron chi connectivity index (χ4n) is 3.13. The van der Waals surface area contributed by atoms with Crippen LogP contribution in [0.2, 0.25) is 0 Å². The summed E-state index contributed by atoms with van der Waals surface area (Å²) in [7, 11) is 0. The van der Waals surface area contributed by atoms with Crippen LogP contribution < -0.4 is 5.32 Å². The van der Waals surface area contributed by atoms with Gasteiger partial charge in [-0.25, -0.2) is 4.79 Å². The average molecular weight is 339 g/mol. The first-order valence-electron chi connectivity index (χ1n) is 8.70. The second-order valence-corrected chi connectivity index (χ2v) is 6.88. The third-order valence-electron chi connectivity index (χ3n) is 4.86. The van der Waals surface area contributed by atoms with Gasteiger partial charge in [0, 0.05) is 18.7 Å². The standard InChI is InChI=1S/C20H25N3O2/c1-13-6-5-7-17(10-13)11-18-8-9-23(12-14(18)2)20(24)21-19-15(3)16(4)22-25-19/h5-7,10-11,14H,8-9,12H2,1-4H3,(H,21,24). The first-order valence-corrected chi connectivity index (χ1v) is 8.70. The molecular weight excluding hydrogens is 314 g/mol. The molecule has 1 fully saturated rings. The maximum absolute atomic E-state index is 12.5. The third kappa shape index (κ3) is 3.92. The number of aromatic nitrogens is 1. The van der Waals surface area contributed by atoms with Gasteiger partial charge >= 0.3 is 6.03 Å². The first-order chi connectivity index (χ1) is 11.9. The maximum atomic E-state index is 12.5. The molecule has 1 aromatic heterocycles. The largest absolute Gasteiger partial charge is 0.338 e. The van der Waals surface area contributed by atoms with E-state index in [1.807, 2.05) is 18.7 Å². The van der Waals surface area contributed by atoms with Crippen molar-refractivity contribution < 1.29 is 9.32 Å². The Morgan fingerprint density at radius 1 is 1.36 bits per heavy atom. The molecule has 0 spiro atoms. The van der Waals surface area contributed by atoms with Crippen molar-refractivity contribution in [2.45, 2.75) is 34.1 Å². The van der Waals surface area contributed by atoms with E-state index in [0.717, 1.165) is 17.7 Å². The van der Waals surface area contributed by atoms with Crippen LogP contribution in [0.5, 0.6) is 0 Å². The Morgan fingerprint density at radius 2 is 2.16 bits per heavy atom. The Morgan fingerprint density at radius 3 is 2.80 bits per heavy atom. The van der Waals surface area contributed by atoms with Gasteiger partial charge < -0.3 is 9.42 Å². The van der Waals surface area contributed by atoms with Gasteiger partial charge in [-0.2, -0.15) is 0 Å². The molecule has 132 valence electrons. The summed E-state index contributed by atoms with van der Waals surface area (Å²) < 4.78 is 5.17. The highest BCUT2D eigenvalue weighted by Crippen LogP contribution is 2.26. The minimum Gasteiger partial charge on any atom is -0.338 e. The van der Waals surface area contributed by atoms with E-state index in [1.165, 1.54) is 16.7 Å². The van der Waals surface area contributed by atoms with E-state index < -0.39 is 0 Å². The second-order valence-electron chi connectivity index (χ2n) is 6.88. The van der Waals surface area contributed by atoms with Crippen molar-refractivity contribution in [1.29, 1.82) is 0 Å². The lowest BCUT2D eigenvalue weighted by atomic mass is 9.91. The lowest BCUT2D eigenvalue weighted by Crippen LogP contribution is -2.42. The smallest absolute Gasteiger partial charge is 0.324 e. The lowest BCUT2D eigenvalue weighted by Gasteiger charge is -2.33. The number of anilines is 1. The van der Waals surface area contributed by atoms with Crippen molar-refractivity contribution in [1.82, 2.24) is 10.1 Å². The summed E-state index contributed by atoms with van der Waals surface area (Å²) in [5.41, 5.74) is 5.55. The van der Waals surface area contributed by atoms with Crippen molar-refractivity contribution >= 4 is 18.0 Å². The fraction of sp³-hybridized carbons (Fsp3) is 0.400. The van der Waals surface area contributed by atoms with Crippen molar-refractivity contribution in [2.24, 2.45) is 5.92 Å². The van der Waals surface area contributed by atoms with E-state index in [4.69, 9.17) is 4.52 Å². The molecule has 5 nitrogen and oxygen atoms in total. The molecule has 2 aromatic rings. The zero-order chi connectivity index (χ0) is 18.0. The molecular formula is C20H25N3O2. The molecule has 0 saturated carbocycles. The number of piperidine rings is 1. The molecule has 1 unspecified atom stereocenters. The van der Waals surface area contributed by atoms with Crippen LogP contribution in [0.1, 0.15) is 35.7 Å². The van der Waals surface area contributed by atoms with Crippen LogP contribution in [0.4, 0.5) is 10.7 Å². The van der Waals surface area contributed by atoms with Crippen LogP contribution >= 0.6 is 0 Å². The fourth-order valence-corrected chi connectivity index (χ4v) is 3.13. The Labute approximate surface area is 148 Å². The van der Waals surface area contributed by atoms with Crippen molar-refractivity contribution in [3.63, 3.8) is 0 Å². The van der Waals surface area contributed by atoms with E-state index in [2.05, 4.69) is 54.7 Å². The first kappa shape index (κ1) is 17.3. The van der Waals surface area contributed by atoms with Gasteiger partial charge in [0.15, 0.2) is 0 Å². The lowest BCUT2D eigenvalue weighted by molar-refractivity contribution is 0.197. The summed E-state index contributed by atoms with van der Waals surface area (Å²) in [6, 6.07) is 8.37. The minimum absolute atomic E-state index is 0.124. The molecule has 1 aromatic carbocycles. The summed E-state index contributed by atoms with van der Waals surface area (Å²) in [6.07, 6.45) is 3.15. The van der Waals surface area contributed by atoms with Crippen molar-refractivity contribution in [2.75, 3.05) is 18.4 Å². The topological polar surface area (TPSA) is 58.4 Å². The predicted molar refractivity (Wildman–Crippen MR) is 99.5 cm³/mol. The Kier molecular flexibility index (Phi) is 4.93. The van der Waals surface area contributed by atoms with Crippen LogP contribution in [0.25, 0.3) is 6.08 Å². The number of aryl methyl sites for hydroxylation is 2. The zero-order valence-electron chi connectivity index (χ0n) is 15.3. The molecule has 1 aliphatic rings. The molecule has 0 bridgehead atoms. The molecule has 1 aliphatic heterocycles. The Bertz CT molecular complexity index is 807. The summed E-state index contributed by atoms with van der Waals surface area (Å²) >= 11 is 0. The molecule has 3 rings (SSSR count). The van der Waals surface area contributed by atoms with Gasteiger partial charge in [0.2, 0.25) is 5.88 Å². The predicted octanol–water partition coefficient (Wildman–Crippen LogP) is 4.56. The van der Waals surface area contributed by atoms with Crippen molar-refractivity contribution in [3.05, 3.63) is 52.2 Å². The second kappa shape index (κ2) is 7.13. The normalized spacial score (nSPS) is 19.3. The number of rotatable bonds is 2. The van der Waals surface area contributed by atoms with Gasteiger partial charge in [-0.1, -0.05) is 53.6 Å². The van der Waals surface area contributed by atoms with Crippen LogP contribution in [-0.2, 0) is 0 Å². The number of nitrogens with one attached hydrogen (secondary N) is 1. The summed E-state index contributed by atoms with van der Waals surface area (Å²) in [5.74, 6) is 0.772. The molecule has 5 heteroatoms. The van der Waals surface area contributed by atoms with Gasteiger partial charge in [-0.3, -0.25) is 5.32 Å². The maximum Gasteiger partial charge on any atom is 0.324 e. The molecule has 1 saturated heterocycles. The van der Waals surface area contributed by atoms with Gasteiger partial charge in [-0.15, -0.1) is 0 Å². The number of likely N-dealkylation sites (tertiary alicyclic amines) is 1. The summed E-state index contributed by atoms with van der Waals surface area (Å²) in [5, 5.41) is 6.71. The van der Waals surface area contributed by atoms with Gasteiger partial charge in [0.25, 0.3) is 0 Å². The quantitative estimate of drug-likeness (QED) is 0.873. The van der Waals surface area contributed by atoms with E-state index in [-0.39, 0.29) is 6.03 Å². The minimum atomic E-state index is -0.124. The molecule has 0 aliphatic carbocycles. The van der Waals surface area contributed by atoms with E-state index >= 15 is 0 Å². The number of carbonyl (C=O) groups excluding carboxylic acids is 1. The Balaban J connectivity index is 1.65. The van der Waals surface area contributed by atoms with Gasteiger partial charge in [0.1, 0.15) is 0 Å². The number of urea groups is 1.